The standard InChI is InChI=1S/C60H39NS/c1-3-16-41(17-4-1)47-27-12-22-44-23-13-28-48(58(44)47)43-34-36-45(37-35-43)61(57-33-15-32-55-54-31-14-29-49(59(54)62-60(55)57)42-18-5-2-6-19-42)56-39-38-52(51-25-9-10-26-53(51)56)50-30-11-21-40-20-7-8-24-46(40)50/h1-39H. The van der Waals surface area contributed by atoms with Gasteiger partial charge >= 0.3 is 0 Å². The van der Waals surface area contributed by atoms with Crippen molar-refractivity contribution in [3.8, 4) is 44.5 Å². The molecule has 12 rings (SSSR count). The highest BCUT2D eigenvalue weighted by molar-refractivity contribution is 7.27. The zero-order valence-electron chi connectivity index (χ0n) is 33.9. The molecule has 12 aromatic rings. The SMILES string of the molecule is c1ccc(-c2cccc3c2sc2c(N(c4ccc(-c5cccc6cccc(-c7ccccc7)c56)cc4)c4ccc(-c5cccc6ccccc56)c5ccccc45)cccc23)cc1. The van der Waals surface area contributed by atoms with Crippen LogP contribution in [-0.2, 0) is 0 Å². The molecule has 0 saturated heterocycles. The summed E-state index contributed by atoms with van der Waals surface area (Å²) in [6.45, 7) is 0. The Kier molecular flexibility index (Phi) is 8.76. The minimum absolute atomic E-state index is 1.11. The maximum Gasteiger partial charge on any atom is 0.0640 e. The summed E-state index contributed by atoms with van der Waals surface area (Å²) in [7, 11) is 0. The number of rotatable bonds is 7. The number of fused-ring (bicyclic) bond motifs is 6. The predicted molar refractivity (Wildman–Crippen MR) is 268 cm³/mol. The average Bonchev–Trinajstić information content (AvgIpc) is 3.74. The first-order chi connectivity index (χ1) is 30.8. The summed E-state index contributed by atoms with van der Waals surface area (Å²) < 4.78 is 2.57. The second kappa shape index (κ2) is 15.0. The van der Waals surface area contributed by atoms with Crippen molar-refractivity contribution in [2.24, 2.45) is 0 Å². The third kappa shape index (κ3) is 5.99. The Morgan fingerprint density at radius 3 is 1.47 bits per heavy atom. The number of thiophene rings is 1. The molecule has 0 N–H and O–H groups in total. The molecule has 0 amide bonds. The molecule has 1 nitrogen and oxygen atoms in total. The van der Waals surface area contributed by atoms with Gasteiger partial charge in [-0.3, -0.25) is 0 Å². The van der Waals surface area contributed by atoms with E-state index in [9.17, 15) is 0 Å². The van der Waals surface area contributed by atoms with E-state index < -0.39 is 0 Å². The molecule has 2 heteroatoms. The van der Waals surface area contributed by atoms with Gasteiger partial charge in [0.1, 0.15) is 0 Å². The normalized spacial score (nSPS) is 11.5. The van der Waals surface area contributed by atoms with Crippen molar-refractivity contribution in [2.45, 2.75) is 0 Å². The third-order valence-electron chi connectivity index (χ3n) is 12.5. The Labute approximate surface area is 365 Å². The molecule has 0 unspecified atom stereocenters. The summed E-state index contributed by atoms with van der Waals surface area (Å²) in [5.74, 6) is 0. The summed E-state index contributed by atoms with van der Waals surface area (Å²) in [4.78, 5) is 2.50. The fraction of sp³-hybridized carbons (Fsp3) is 0. The lowest BCUT2D eigenvalue weighted by molar-refractivity contribution is 1.32. The molecule has 1 heterocycles. The van der Waals surface area contributed by atoms with Crippen LogP contribution in [0.2, 0.25) is 0 Å². The molecule has 0 aliphatic heterocycles. The van der Waals surface area contributed by atoms with Gasteiger partial charge in [-0.1, -0.05) is 212 Å². The van der Waals surface area contributed by atoms with E-state index in [2.05, 4.69) is 241 Å². The average molecular weight is 806 g/mol. The Morgan fingerprint density at radius 1 is 0.258 bits per heavy atom. The maximum atomic E-state index is 2.50. The number of benzene rings is 11. The van der Waals surface area contributed by atoms with E-state index in [1.54, 1.807) is 0 Å². The van der Waals surface area contributed by atoms with Crippen LogP contribution in [0.25, 0.3) is 97.0 Å². The highest BCUT2D eigenvalue weighted by Gasteiger charge is 2.22. The molecule has 0 atom stereocenters. The summed E-state index contributed by atoms with van der Waals surface area (Å²) in [5, 5.41) is 9.98. The molecule has 0 fully saturated rings. The van der Waals surface area contributed by atoms with Crippen LogP contribution in [0.4, 0.5) is 17.1 Å². The zero-order chi connectivity index (χ0) is 41.0. The highest BCUT2D eigenvalue weighted by Crippen LogP contribution is 2.50. The van der Waals surface area contributed by atoms with Crippen LogP contribution in [0.3, 0.4) is 0 Å². The van der Waals surface area contributed by atoms with E-state index in [4.69, 9.17) is 0 Å². The summed E-state index contributed by atoms with van der Waals surface area (Å²) in [5.41, 5.74) is 13.3. The van der Waals surface area contributed by atoms with Crippen LogP contribution < -0.4 is 4.90 Å². The maximum absolute atomic E-state index is 2.50. The molecule has 62 heavy (non-hydrogen) atoms. The van der Waals surface area contributed by atoms with Gasteiger partial charge in [0.15, 0.2) is 0 Å². The van der Waals surface area contributed by atoms with Gasteiger partial charge in [0.25, 0.3) is 0 Å². The Hall–Kier alpha value is -7.78. The van der Waals surface area contributed by atoms with Gasteiger partial charge in [-0.05, 0) is 95.7 Å². The number of anilines is 3. The zero-order valence-corrected chi connectivity index (χ0v) is 34.7. The van der Waals surface area contributed by atoms with Crippen LogP contribution in [0, 0.1) is 0 Å². The van der Waals surface area contributed by atoms with Gasteiger partial charge in [0.05, 0.1) is 16.1 Å². The van der Waals surface area contributed by atoms with Crippen molar-refractivity contribution >= 4 is 80.9 Å². The molecule has 0 radical (unpaired) electrons. The van der Waals surface area contributed by atoms with E-state index >= 15 is 0 Å². The van der Waals surface area contributed by atoms with Crippen LogP contribution >= 0.6 is 11.3 Å². The lowest BCUT2D eigenvalue weighted by Crippen LogP contribution is -2.11. The molecule has 0 aliphatic rings. The number of hydrogen-bond donors (Lipinski definition) is 0. The smallest absolute Gasteiger partial charge is 0.0640 e. The summed E-state index contributed by atoms with van der Waals surface area (Å²) >= 11 is 1.89. The number of nitrogens with zero attached hydrogens (tertiary/aromatic N) is 1. The first kappa shape index (κ1) is 36.1. The second-order valence-electron chi connectivity index (χ2n) is 16.0. The van der Waals surface area contributed by atoms with Crippen molar-refractivity contribution in [1.29, 1.82) is 0 Å². The molecular weight excluding hydrogens is 767 g/mol. The van der Waals surface area contributed by atoms with E-state index in [1.165, 1.54) is 97.0 Å². The lowest BCUT2D eigenvalue weighted by atomic mass is 9.91. The topological polar surface area (TPSA) is 3.24 Å². The molecule has 0 spiro atoms. The van der Waals surface area contributed by atoms with Crippen molar-refractivity contribution in [3.63, 3.8) is 0 Å². The fourth-order valence-corrected chi connectivity index (χ4v) is 11.0. The van der Waals surface area contributed by atoms with Crippen molar-refractivity contribution < 1.29 is 0 Å². The third-order valence-corrected chi connectivity index (χ3v) is 13.8. The van der Waals surface area contributed by atoms with Crippen molar-refractivity contribution in [1.82, 2.24) is 0 Å². The largest absolute Gasteiger partial charge is 0.308 e. The minimum Gasteiger partial charge on any atom is -0.308 e. The molecule has 0 aliphatic carbocycles. The highest BCUT2D eigenvalue weighted by atomic mass is 32.1. The van der Waals surface area contributed by atoms with Gasteiger partial charge in [-0.25, -0.2) is 0 Å². The molecule has 1 aromatic heterocycles. The number of hydrogen-bond acceptors (Lipinski definition) is 2. The predicted octanol–water partition coefficient (Wildman–Crippen LogP) is 17.7. The van der Waals surface area contributed by atoms with E-state index in [1.807, 2.05) is 11.3 Å². The van der Waals surface area contributed by atoms with Gasteiger partial charge in [-0.2, -0.15) is 0 Å². The van der Waals surface area contributed by atoms with Gasteiger partial charge in [0.2, 0.25) is 0 Å². The minimum atomic E-state index is 1.11. The van der Waals surface area contributed by atoms with Crippen LogP contribution in [-0.4, -0.2) is 0 Å². The van der Waals surface area contributed by atoms with Gasteiger partial charge in [-0.15, -0.1) is 11.3 Å². The Bertz CT molecular complexity index is 3610. The first-order valence-corrected chi connectivity index (χ1v) is 22.1. The summed E-state index contributed by atoms with van der Waals surface area (Å²) in [6.07, 6.45) is 0. The lowest BCUT2D eigenvalue weighted by Gasteiger charge is -2.28. The Balaban J connectivity index is 1.08. The van der Waals surface area contributed by atoms with Gasteiger partial charge < -0.3 is 4.90 Å². The molecule has 0 saturated carbocycles. The van der Waals surface area contributed by atoms with Crippen molar-refractivity contribution in [3.05, 3.63) is 237 Å². The molecule has 11 aromatic carbocycles. The second-order valence-corrected chi connectivity index (χ2v) is 17.0. The Morgan fingerprint density at radius 2 is 0.742 bits per heavy atom. The molecule has 290 valence electrons. The quantitative estimate of drug-likeness (QED) is 0.155. The molecular formula is C60H39NS. The first-order valence-electron chi connectivity index (χ1n) is 21.3. The van der Waals surface area contributed by atoms with E-state index in [-0.39, 0.29) is 0 Å². The van der Waals surface area contributed by atoms with E-state index in [0.717, 1.165) is 17.1 Å². The van der Waals surface area contributed by atoms with Crippen LogP contribution in [0.15, 0.2) is 237 Å². The fourth-order valence-electron chi connectivity index (χ4n) is 9.64. The van der Waals surface area contributed by atoms with Crippen LogP contribution in [0.5, 0.6) is 0 Å². The van der Waals surface area contributed by atoms with Gasteiger partial charge in [0, 0.05) is 26.5 Å². The molecule has 0 bridgehead atoms. The summed E-state index contributed by atoms with van der Waals surface area (Å²) in [6, 6.07) is 86.6. The van der Waals surface area contributed by atoms with Crippen molar-refractivity contribution in [2.75, 3.05) is 4.90 Å². The van der Waals surface area contributed by atoms with E-state index in [0.29, 0.717) is 0 Å². The van der Waals surface area contributed by atoms with Crippen LogP contribution in [0.1, 0.15) is 0 Å². The monoisotopic (exact) mass is 805 g/mol.